The van der Waals surface area contributed by atoms with Crippen molar-refractivity contribution in [2.45, 2.75) is 109 Å². The molecular formula is C36H58N4O8. The van der Waals surface area contributed by atoms with E-state index in [9.17, 15) is 19.5 Å². The van der Waals surface area contributed by atoms with Gasteiger partial charge in [-0.3, -0.25) is 19.4 Å². The Morgan fingerprint density at radius 3 is 2.29 bits per heavy atom. The quantitative estimate of drug-likeness (QED) is 0.365. The van der Waals surface area contributed by atoms with Gasteiger partial charge in [-0.1, -0.05) is 13.8 Å². The predicted octanol–water partition coefficient (Wildman–Crippen LogP) is 3.02. The molecule has 0 aromatic carbocycles. The molecule has 12 heteroatoms. The number of likely N-dealkylation sites (tertiary alicyclic amines) is 1. The van der Waals surface area contributed by atoms with Gasteiger partial charge in [-0.25, -0.2) is 0 Å². The van der Waals surface area contributed by atoms with Crippen LogP contribution >= 0.6 is 0 Å². The first-order chi connectivity index (χ1) is 22.4. The van der Waals surface area contributed by atoms with Crippen LogP contribution in [-0.2, 0) is 28.5 Å². The summed E-state index contributed by atoms with van der Waals surface area (Å²) in [5.41, 5.74) is -2.80. The molecular weight excluding hydrogens is 616 g/mol. The van der Waals surface area contributed by atoms with Crippen LogP contribution in [-0.4, -0.2) is 139 Å². The Bertz CT molecular complexity index is 1270. The lowest BCUT2D eigenvalue weighted by atomic mass is 9.74. The molecule has 1 N–H and O–H groups in total. The average Bonchev–Trinajstić information content (AvgIpc) is 3.03. The van der Waals surface area contributed by atoms with Gasteiger partial charge in [-0.15, -0.1) is 0 Å². The molecule has 1 aromatic heterocycles. The number of amides is 1. The molecule has 4 heterocycles. The number of ketones is 1. The number of hydrogen-bond donors (Lipinski definition) is 1. The number of rotatable bonds is 5. The number of aliphatic hydroxyl groups is 1. The number of aliphatic hydroxyl groups excluding tert-OH is 1. The maximum absolute atomic E-state index is 14.5. The number of likely N-dealkylation sites (N-methyl/N-ethyl adjacent to an activating group) is 2. The molecule has 0 bridgehead atoms. The number of carbonyl (C=O) groups is 3. The Balaban J connectivity index is 1.64. The largest absolute Gasteiger partial charge is 0.457 e. The first-order valence-electron chi connectivity index (χ1n) is 17.3. The van der Waals surface area contributed by atoms with Gasteiger partial charge in [0.1, 0.15) is 17.1 Å². The lowest BCUT2D eigenvalue weighted by Gasteiger charge is -2.47. The van der Waals surface area contributed by atoms with Crippen molar-refractivity contribution < 1.29 is 38.4 Å². The summed E-state index contributed by atoms with van der Waals surface area (Å²) in [6.45, 7) is 12.9. The van der Waals surface area contributed by atoms with Crippen LogP contribution in [0.3, 0.4) is 0 Å². The molecule has 8 atom stereocenters. The highest BCUT2D eigenvalue weighted by Crippen LogP contribution is 2.40. The van der Waals surface area contributed by atoms with E-state index in [1.165, 1.54) is 0 Å². The van der Waals surface area contributed by atoms with Gasteiger partial charge >= 0.3 is 5.97 Å². The van der Waals surface area contributed by atoms with Crippen molar-refractivity contribution >= 4 is 17.7 Å². The van der Waals surface area contributed by atoms with Crippen LogP contribution in [0, 0.1) is 17.3 Å². The summed E-state index contributed by atoms with van der Waals surface area (Å²) in [6, 6.07) is 3.20. The second kappa shape index (κ2) is 15.2. The second-order valence-corrected chi connectivity index (χ2v) is 15.5. The fourth-order valence-corrected chi connectivity index (χ4v) is 7.97. The van der Waals surface area contributed by atoms with E-state index in [1.807, 2.05) is 39.9 Å². The van der Waals surface area contributed by atoms with E-state index in [-0.39, 0.29) is 29.8 Å². The SMILES string of the molecule is CO[C@]1(C)C[C@@H](C)CN(C)CC2(CCN(C(=O)c3ccncc3)CC2)OC(=O)C(C)(C)C(=O)[C@H](C)[C@H]1O[C@@H]1O[C@H](C)C[C@H](N(C)C)[C@H]1O. The number of pyridine rings is 1. The Labute approximate surface area is 286 Å². The normalized spacial score (nSPS) is 35.4. The summed E-state index contributed by atoms with van der Waals surface area (Å²) in [4.78, 5) is 51.7. The number of nitrogens with zero attached hydrogens (tertiary/aromatic N) is 4. The number of piperidine rings is 1. The van der Waals surface area contributed by atoms with Crippen LogP contribution in [0.4, 0.5) is 0 Å². The third kappa shape index (κ3) is 8.27. The topological polar surface area (TPSA) is 131 Å². The van der Waals surface area contributed by atoms with Crippen molar-refractivity contribution in [1.29, 1.82) is 0 Å². The molecule has 270 valence electrons. The number of aromatic nitrogens is 1. The van der Waals surface area contributed by atoms with Crippen molar-refractivity contribution in [3.8, 4) is 0 Å². The molecule has 0 saturated carbocycles. The van der Waals surface area contributed by atoms with Gasteiger partial charge < -0.3 is 38.8 Å². The van der Waals surface area contributed by atoms with E-state index in [0.717, 1.165) is 0 Å². The maximum Gasteiger partial charge on any atom is 0.319 e. The number of Topliss-reactive ketones (excluding diaryl/α,β-unsaturated/α-hetero) is 1. The molecule has 3 saturated heterocycles. The van der Waals surface area contributed by atoms with Gasteiger partial charge in [0, 0.05) is 76.0 Å². The zero-order valence-electron chi connectivity index (χ0n) is 30.6. The van der Waals surface area contributed by atoms with Crippen LogP contribution in [0.5, 0.6) is 0 Å². The minimum absolute atomic E-state index is 0.0854. The van der Waals surface area contributed by atoms with Gasteiger partial charge in [0.25, 0.3) is 5.91 Å². The second-order valence-electron chi connectivity index (χ2n) is 15.5. The highest BCUT2D eigenvalue weighted by Gasteiger charge is 2.53. The first-order valence-corrected chi connectivity index (χ1v) is 17.3. The zero-order chi connectivity index (χ0) is 35.6. The summed E-state index contributed by atoms with van der Waals surface area (Å²) in [7, 11) is 7.44. The average molecular weight is 675 g/mol. The van der Waals surface area contributed by atoms with E-state index < -0.39 is 47.0 Å². The number of carbonyl (C=O) groups excluding carboxylic acids is 3. The van der Waals surface area contributed by atoms with Crippen LogP contribution in [0.25, 0.3) is 0 Å². The zero-order valence-corrected chi connectivity index (χ0v) is 30.6. The van der Waals surface area contributed by atoms with Crippen LogP contribution in [0.15, 0.2) is 24.5 Å². The van der Waals surface area contributed by atoms with Gasteiger partial charge in [0.2, 0.25) is 0 Å². The molecule has 3 fully saturated rings. The van der Waals surface area contributed by atoms with E-state index in [2.05, 4.69) is 16.8 Å². The molecule has 3 aliphatic heterocycles. The smallest absolute Gasteiger partial charge is 0.319 e. The molecule has 1 amide bonds. The van der Waals surface area contributed by atoms with Crippen molar-refractivity contribution in [2.75, 3.05) is 54.4 Å². The van der Waals surface area contributed by atoms with E-state index in [0.29, 0.717) is 57.4 Å². The molecule has 1 aromatic rings. The van der Waals surface area contributed by atoms with Crippen molar-refractivity contribution in [3.05, 3.63) is 30.1 Å². The lowest BCUT2D eigenvalue weighted by Crippen LogP contribution is -2.59. The summed E-state index contributed by atoms with van der Waals surface area (Å²) < 4.78 is 25.4. The van der Waals surface area contributed by atoms with Gasteiger partial charge in [0.15, 0.2) is 12.1 Å². The molecule has 0 radical (unpaired) electrons. The Morgan fingerprint density at radius 2 is 1.71 bits per heavy atom. The fourth-order valence-electron chi connectivity index (χ4n) is 7.97. The number of methoxy groups -OCH3 is 1. The predicted molar refractivity (Wildman–Crippen MR) is 180 cm³/mol. The Kier molecular flexibility index (Phi) is 12.1. The van der Waals surface area contributed by atoms with Crippen LogP contribution < -0.4 is 0 Å². The van der Waals surface area contributed by atoms with Crippen LogP contribution in [0.1, 0.15) is 77.6 Å². The Morgan fingerprint density at radius 1 is 1.08 bits per heavy atom. The third-order valence-corrected chi connectivity index (χ3v) is 10.8. The van der Waals surface area contributed by atoms with Crippen molar-refractivity contribution in [3.63, 3.8) is 0 Å². The molecule has 4 rings (SSSR count). The third-order valence-electron chi connectivity index (χ3n) is 10.8. The summed E-state index contributed by atoms with van der Waals surface area (Å²) in [5.74, 6) is -1.76. The molecule has 12 nitrogen and oxygen atoms in total. The summed E-state index contributed by atoms with van der Waals surface area (Å²) in [6.07, 6.45) is 2.28. The maximum atomic E-state index is 14.5. The summed E-state index contributed by atoms with van der Waals surface area (Å²) >= 11 is 0. The molecule has 1 spiro atoms. The van der Waals surface area contributed by atoms with Crippen molar-refractivity contribution in [2.24, 2.45) is 17.3 Å². The Hall–Kier alpha value is -2.48. The fraction of sp³-hybridized carbons (Fsp3) is 0.778. The minimum atomic E-state index is -1.52. The highest BCUT2D eigenvalue weighted by molar-refractivity contribution is 6.04. The van der Waals surface area contributed by atoms with Crippen LogP contribution in [0.2, 0.25) is 0 Å². The standard InChI is InChI=1S/C36H58N4O8/c1-23-20-35(6,45-10)30(47-32-28(41)27(38(7)8)19-24(2)46-32)25(3)29(42)34(4,5)33(44)48-36(22-39(9)21-23)13-17-40(18-14-36)31(43)26-11-15-37-16-12-26/h11-12,15-16,23-25,27-28,30,32,41H,13-14,17-22H2,1-10H3/t23-,24-,25+,27+,28-,30-,32+,35-/m1/s1. The van der Waals surface area contributed by atoms with Gasteiger partial charge in [0.05, 0.1) is 17.8 Å². The summed E-state index contributed by atoms with van der Waals surface area (Å²) in [5, 5.41) is 11.4. The van der Waals surface area contributed by atoms with Gasteiger partial charge in [-0.2, -0.15) is 0 Å². The van der Waals surface area contributed by atoms with Gasteiger partial charge in [-0.05, 0) is 79.7 Å². The van der Waals surface area contributed by atoms with E-state index >= 15 is 0 Å². The van der Waals surface area contributed by atoms with E-state index in [4.69, 9.17) is 18.9 Å². The number of hydrogen-bond acceptors (Lipinski definition) is 11. The molecule has 0 aliphatic carbocycles. The monoisotopic (exact) mass is 674 g/mol. The first kappa shape index (κ1) is 38.3. The lowest BCUT2D eigenvalue weighted by molar-refractivity contribution is -0.295. The molecule has 3 aliphatic rings. The van der Waals surface area contributed by atoms with Crippen molar-refractivity contribution in [1.82, 2.24) is 19.7 Å². The van der Waals surface area contributed by atoms with E-state index in [1.54, 1.807) is 57.3 Å². The molecule has 0 unspecified atom stereocenters. The number of ether oxygens (including phenoxy) is 4. The molecule has 48 heavy (non-hydrogen) atoms. The minimum Gasteiger partial charge on any atom is -0.457 e. The number of esters is 1. The highest BCUT2D eigenvalue weighted by atomic mass is 16.7.